The molecule has 166 valence electrons. The number of carbonyl (C=O) groups is 1. The number of anilines is 1. The maximum absolute atomic E-state index is 13.1. The fourth-order valence-electron chi connectivity index (χ4n) is 3.87. The van der Waals surface area contributed by atoms with Crippen LogP contribution in [0.2, 0.25) is 0 Å². The lowest BCUT2D eigenvalue weighted by atomic mass is 10.1. The molecule has 4 N–H and O–H groups in total. The average molecular weight is 440 g/mol. The minimum absolute atomic E-state index is 0.207. The normalized spacial score (nSPS) is 12.0. The van der Waals surface area contributed by atoms with E-state index in [1.165, 1.54) is 4.68 Å². The van der Waals surface area contributed by atoms with Crippen LogP contribution in [0.4, 0.5) is 5.82 Å². The fourth-order valence-corrected chi connectivity index (χ4v) is 3.87. The van der Waals surface area contributed by atoms with E-state index in [4.69, 9.17) is 15.7 Å². The molecule has 0 atom stereocenters. The zero-order valence-corrected chi connectivity index (χ0v) is 18.5. The number of nitrogens with two attached hydrogens (primary N) is 1. The number of H-pyrrole nitrogens is 1. The van der Waals surface area contributed by atoms with Crippen molar-refractivity contribution in [3.8, 4) is 0 Å². The van der Waals surface area contributed by atoms with E-state index in [2.05, 4.69) is 29.2 Å². The summed E-state index contributed by atoms with van der Waals surface area (Å²) in [6.45, 7) is 4.79. The summed E-state index contributed by atoms with van der Waals surface area (Å²) >= 11 is 0. The molecule has 0 saturated heterocycles. The Morgan fingerprint density at radius 3 is 2.67 bits per heavy atom. The number of fused-ring (bicyclic) bond motifs is 3. The van der Waals surface area contributed by atoms with Crippen LogP contribution in [-0.4, -0.2) is 38.3 Å². The Labute approximate surface area is 190 Å². The van der Waals surface area contributed by atoms with Crippen molar-refractivity contribution in [3.63, 3.8) is 0 Å². The number of amides is 1. The Morgan fingerprint density at radius 1 is 1.15 bits per heavy atom. The van der Waals surface area contributed by atoms with E-state index in [0.717, 1.165) is 22.9 Å². The summed E-state index contributed by atoms with van der Waals surface area (Å²) in [6, 6.07) is 15.5. The van der Waals surface area contributed by atoms with Crippen molar-refractivity contribution in [1.82, 2.24) is 24.9 Å². The third kappa shape index (κ3) is 3.80. The third-order valence-corrected chi connectivity index (χ3v) is 5.64. The molecule has 0 aliphatic rings. The lowest BCUT2D eigenvalue weighted by Gasteiger charge is -2.07. The van der Waals surface area contributed by atoms with E-state index in [1.807, 2.05) is 54.7 Å². The molecule has 5 aromatic rings. The zero-order valence-electron chi connectivity index (χ0n) is 18.5. The van der Waals surface area contributed by atoms with Gasteiger partial charge in [-0.3, -0.25) is 4.79 Å². The number of nitrogens with zero attached hydrogens (tertiary/aromatic N) is 4. The number of hydrogen-bond acceptors (Lipinski definition) is 5. The van der Waals surface area contributed by atoms with Crippen molar-refractivity contribution in [2.75, 3.05) is 12.3 Å². The van der Waals surface area contributed by atoms with Gasteiger partial charge in [0, 0.05) is 29.2 Å². The topological polar surface area (TPSA) is 114 Å². The lowest BCUT2D eigenvalue weighted by molar-refractivity contribution is 0.0954. The fraction of sp³-hybridized carbons (Fsp3) is 0.200. The second kappa shape index (κ2) is 8.38. The first kappa shape index (κ1) is 20.7. The molecule has 0 unspecified atom stereocenters. The van der Waals surface area contributed by atoms with Crippen molar-refractivity contribution < 1.29 is 4.79 Å². The van der Waals surface area contributed by atoms with Gasteiger partial charge in [0.15, 0.2) is 5.65 Å². The molecule has 33 heavy (non-hydrogen) atoms. The molecule has 8 nitrogen and oxygen atoms in total. The maximum atomic E-state index is 13.1. The smallest absolute Gasteiger partial charge is 0.257 e. The molecule has 0 spiro atoms. The third-order valence-electron chi connectivity index (χ3n) is 5.64. The average Bonchev–Trinajstić information content (AvgIpc) is 3.33. The number of hydrogen-bond donors (Lipinski definition) is 3. The highest BCUT2D eigenvalue weighted by atomic mass is 16.1. The van der Waals surface area contributed by atoms with Gasteiger partial charge in [-0.25, -0.2) is 9.97 Å². The second-order valence-corrected chi connectivity index (χ2v) is 8.43. The van der Waals surface area contributed by atoms with E-state index in [-0.39, 0.29) is 11.7 Å². The van der Waals surface area contributed by atoms with E-state index in [9.17, 15) is 4.79 Å². The number of nitrogens with one attached hydrogen (secondary N) is 2. The summed E-state index contributed by atoms with van der Waals surface area (Å²) in [5.41, 5.74) is 11.0. The molecule has 0 aliphatic carbocycles. The highest BCUT2D eigenvalue weighted by Gasteiger charge is 2.24. The van der Waals surface area contributed by atoms with Gasteiger partial charge in [-0.2, -0.15) is 9.78 Å². The van der Waals surface area contributed by atoms with Gasteiger partial charge in [-0.1, -0.05) is 44.2 Å². The molecular weight excluding hydrogens is 414 g/mol. The molecule has 5 rings (SSSR count). The number of para-hydroxylation sites is 3. The van der Waals surface area contributed by atoms with Crippen LogP contribution in [0.1, 0.15) is 36.2 Å². The highest BCUT2D eigenvalue weighted by Crippen LogP contribution is 2.28. The van der Waals surface area contributed by atoms with Crippen LogP contribution in [0.5, 0.6) is 0 Å². The molecule has 0 saturated carbocycles. The molecule has 0 radical (unpaired) electrons. The quantitative estimate of drug-likeness (QED) is 0.342. The Hall–Kier alpha value is -4.20. The first-order chi connectivity index (χ1) is 16.0. The van der Waals surface area contributed by atoms with Crippen molar-refractivity contribution in [1.29, 1.82) is 0 Å². The summed E-state index contributed by atoms with van der Waals surface area (Å²) in [5.74, 6) is 0.413. The Kier molecular flexibility index (Phi) is 5.26. The van der Waals surface area contributed by atoms with Gasteiger partial charge >= 0.3 is 0 Å². The van der Waals surface area contributed by atoms with Crippen LogP contribution in [0.3, 0.4) is 0 Å². The van der Waals surface area contributed by atoms with Gasteiger partial charge in [-0.05, 0) is 30.5 Å². The monoisotopic (exact) mass is 439 g/mol. The Bertz CT molecular complexity index is 1510. The molecular formula is C25H25N7O. The number of rotatable bonds is 6. The highest BCUT2D eigenvalue weighted by molar-refractivity contribution is 6.11. The van der Waals surface area contributed by atoms with Gasteiger partial charge in [0.2, 0.25) is 0 Å². The maximum Gasteiger partial charge on any atom is 0.257 e. The molecule has 1 amide bonds. The van der Waals surface area contributed by atoms with Crippen molar-refractivity contribution in [3.05, 3.63) is 65.9 Å². The molecule has 3 aromatic heterocycles. The van der Waals surface area contributed by atoms with Crippen LogP contribution in [0.15, 0.2) is 59.8 Å². The first-order valence-corrected chi connectivity index (χ1v) is 11.0. The molecule has 3 heterocycles. The van der Waals surface area contributed by atoms with E-state index in [1.54, 1.807) is 6.21 Å². The summed E-state index contributed by atoms with van der Waals surface area (Å²) in [4.78, 5) is 25.8. The van der Waals surface area contributed by atoms with Crippen LogP contribution < -0.4 is 11.1 Å². The zero-order chi connectivity index (χ0) is 22.9. The Balaban J connectivity index is 1.63. The SMILES string of the molecule is CC(C)CCNC(=O)c1c(N)n(/N=C/c2c[nH]c3ccccc23)c2nc3ccccc3nc12. The molecule has 8 heteroatoms. The van der Waals surface area contributed by atoms with Crippen molar-refractivity contribution in [2.24, 2.45) is 11.0 Å². The van der Waals surface area contributed by atoms with Crippen molar-refractivity contribution >= 4 is 51.0 Å². The molecule has 2 aromatic carbocycles. The van der Waals surface area contributed by atoms with E-state index >= 15 is 0 Å². The molecule has 0 fully saturated rings. The number of carbonyl (C=O) groups excluding carboxylic acids is 1. The van der Waals surface area contributed by atoms with E-state index in [0.29, 0.717) is 40.2 Å². The largest absolute Gasteiger partial charge is 0.383 e. The molecule has 0 aliphatic heterocycles. The number of aromatic amines is 1. The second-order valence-electron chi connectivity index (χ2n) is 8.43. The van der Waals surface area contributed by atoms with Gasteiger partial charge < -0.3 is 16.0 Å². The predicted octanol–water partition coefficient (Wildman–Crippen LogP) is 4.31. The first-order valence-electron chi connectivity index (χ1n) is 11.0. The predicted molar refractivity (Wildman–Crippen MR) is 133 cm³/mol. The number of benzene rings is 2. The lowest BCUT2D eigenvalue weighted by Crippen LogP contribution is -2.26. The van der Waals surface area contributed by atoms with Crippen LogP contribution in [0.25, 0.3) is 33.1 Å². The van der Waals surface area contributed by atoms with Gasteiger partial charge in [0.25, 0.3) is 5.91 Å². The van der Waals surface area contributed by atoms with Gasteiger partial charge in [0.05, 0.1) is 17.2 Å². The summed E-state index contributed by atoms with van der Waals surface area (Å²) in [6.07, 6.45) is 4.47. The number of aromatic nitrogens is 4. The summed E-state index contributed by atoms with van der Waals surface area (Å²) < 4.78 is 1.49. The van der Waals surface area contributed by atoms with E-state index < -0.39 is 0 Å². The van der Waals surface area contributed by atoms with Gasteiger partial charge in [0.1, 0.15) is 16.9 Å². The van der Waals surface area contributed by atoms with Crippen LogP contribution >= 0.6 is 0 Å². The number of nitrogen functional groups attached to an aromatic ring is 1. The Morgan fingerprint density at radius 2 is 1.88 bits per heavy atom. The standard InChI is InChI=1S/C25H25N7O/c1-15(2)11-12-27-25(33)21-22-24(31-20-10-6-5-9-19(20)30-22)32(23(21)26)29-14-16-13-28-18-8-4-3-7-17(16)18/h3-10,13-15,28H,11-12,26H2,1-2H3,(H,27,33)/b29-14+. The minimum Gasteiger partial charge on any atom is -0.383 e. The summed E-state index contributed by atoms with van der Waals surface area (Å²) in [7, 11) is 0. The van der Waals surface area contributed by atoms with Crippen molar-refractivity contribution in [2.45, 2.75) is 20.3 Å². The van der Waals surface area contributed by atoms with Gasteiger partial charge in [-0.15, -0.1) is 0 Å². The van der Waals surface area contributed by atoms with Crippen LogP contribution in [0, 0.1) is 5.92 Å². The molecule has 0 bridgehead atoms. The van der Waals surface area contributed by atoms with Crippen LogP contribution in [-0.2, 0) is 0 Å². The minimum atomic E-state index is -0.274. The summed E-state index contributed by atoms with van der Waals surface area (Å²) in [5, 5.41) is 8.61.